The van der Waals surface area contributed by atoms with Gasteiger partial charge in [0.05, 0.1) is 0 Å². The van der Waals surface area contributed by atoms with Crippen molar-refractivity contribution in [3.8, 4) is 0 Å². The fourth-order valence-corrected chi connectivity index (χ4v) is 3.10. The summed E-state index contributed by atoms with van der Waals surface area (Å²) in [7, 11) is -1.72. The zero-order chi connectivity index (χ0) is 19.5. The Morgan fingerprint density at radius 2 is 1.19 bits per heavy atom. The van der Waals surface area contributed by atoms with Gasteiger partial charge in [-0.3, -0.25) is 4.79 Å². The van der Waals surface area contributed by atoms with Crippen molar-refractivity contribution in [1.82, 2.24) is 0 Å². The SMILES string of the molecule is CCCCC/C=C\C/C=C\C/C=C\C/C=C\CCCC(=O)O[Si](C)(C)C. The summed E-state index contributed by atoms with van der Waals surface area (Å²) in [6.07, 6.45) is 28.3. The summed E-state index contributed by atoms with van der Waals surface area (Å²) in [6, 6.07) is 0. The molecule has 0 N–H and O–H groups in total. The minimum atomic E-state index is -1.72. The highest BCUT2D eigenvalue weighted by molar-refractivity contribution is 6.71. The molecule has 0 aromatic rings. The van der Waals surface area contributed by atoms with Gasteiger partial charge in [-0.1, -0.05) is 68.4 Å². The summed E-state index contributed by atoms with van der Waals surface area (Å²) in [5.41, 5.74) is 0. The molecule has 0 aliphatic carbocycles. The highest BCUT2D eigenvalue weighted by Gasteiger charge is 2.19. The lowest BCUT2D eigenvalue weighted by Gasteiger charge is -2.16. The summed E-state index contributed by atoms with van der Waals surface area (Å²) >= 11 is 0. The first-order chi connectivity index (χ1) is 12.5. The largest absolute Gasteiger partial charge is 0.520 e. The topological polar surface area (TPSA) is 26.3 Å². The zero-order valence-electron chi connectivity index (χ0n) is 17.5. The first-order valence-corrected chi connectivity index (χ1v) is 13.7. The van der Waals surface area contributed by atoms with Gasteiger partial charge in [0.15, 0.2) is 0 Å². The summed E-state index contributed by atoms with van der Waals surface area (Å²) in [4.78, 5) is 11.6. The van der Waals surface area contributed by atoms with Crippen molar-refractivity contribution in [2.24, 2.45) is 0 Å². The number of hydrogen-bond donors (Lipinski definition) is 0. The van der Waals surface area contributed by atoms with Crippen molar-refractivity contribution in [3.63, 3.8) is 0 Å². The Morgan fingerprint density at radius 3 is 1.65 bits per heavy atom. The monoisotopic (exact) mass is 376 g/mol. The van der Waals surface area contributed by atoms with Crippen LogP contribution in [0.2, 0.25) is 19.6 Å². The van der Waals surface area contributed by atoms with Gasteiger partial charge in [-0.15, -0.1) is 0 Å². The molecule has 148 valence electrons. The second-order valence-corrected chi connectivity index (χ2v) is 12.0. The molecule has 0 saturated heterocycles. The quantitative estimate of drug-likeness (QED) is 0.168. The second kappa shape index (κ2) is 17.1. The van der Waals surface area contributed by atoms with Crippen LogP contribution >= 0.6 is 0 Å². The highest BCUT2D eigenvalue weighted by Crippen LogP contribution is 2.07. The van der Waals surface area contributed by atoms with Crippen LogP contribution in [0.1, 0.15) is 71.1 Å². The number of carbonyl (C=O) groups is 1. The molecule has 0 rings (SSSR count). The van der Waals surface area contributed by atoms with Gasteiger partial charge in [0.2, 0.25) is 8.32 Å². The molecule has 0 fully saturated rings. The summed E-state index contributed by atoms with van der Waals surface area (Å²) in [5.74, 6) is -0.0416. The van der Waals surface area contributed by atoms with Gasteiger partial charge in [0, 0.05) is 6.42 Å². The predicted octanol–water partition coefficient (Wildman–Crippen LogP) is 7.51. The van der Waals surface area contributed by atoms with E-state index in [1.807, 2.05) is 19.6 Å². The third kappa shape index (κ3) is 20.7. The maximum atomic E-state index is 11.6. The predicted molar refractivity (Wildman–Crippen MR) is 118 cm³/mol. The van der Waals surface area contributed by atoms with Crippen molar-refractivity contribution in [1.29, 1.82) is 0 Å². The van der Waals surface area contributed by atoms with Crippen LogP contribution in [0.4, 0.5) is 0 Å². The van der Waals surface area contributed by atoms with E-state index >= 15 is 0 Å². The van der Waals surface area contributed by atoms with E-state index in [4.69, 9.17) is 4.43 Å². The van der Waals surface area contributed by atoms with Gasteiger partial charge >= 0.3 is 0 Å². The van der Waals surface area contributed by atoms with E-state index in [1.165, 1.54) is 25.7 Å². The first-order valence-electron chi connectivity index (χ1n) is 10.3. The first kappa shape index (κ1) is 24.6. The molecule has 0 atom stereocenters. The molecule has 0 heterocycles. The van der Waals surface area contributed by atoms with Gasteiger partial charge in [-0.2, -0.15) is 0 Å². The van der Waals surface area contributed by atoms with Gasteiger partial charge in [-0.05, 0) is 64.6 Å². The Hall–Kier alpha value is -1.35. The molecule has 0 spiro atoms. The molecule has 0 aromatic carbocycles. The lowest BCUT2D eigenvalue weighted by Crippen LogP contribution is -2.28. The van der Waals surface area contributed by atoms with Crippen LogP contribution in [0.25, 0.3) is 0 Å². The molecular weight excluding hydrogens is 336 g/mol. The normalized spacial score (nSPS) is 12.9. The minimum Gasteiger partial charge on any atom is -0.520 e. The molecule has 26 heavy (non-hydrogen) atoms. The summed E-state index contributed by atoms with van der Waals surface area (Å²) in [6.45, 7) is 8.36. The number of carbonyl (C=O) groups excluding carboxylic acids is 1. The van der Waals surface area contributed by atoms with E-state index in [-0.39, 0.29) is 5.97 Å². The van der Waals surface area contributed by atoms with Crippen LogP contribution in [-0.4, -0.2) is 14.3 Å². The number of hydrogen-bond acceptors (Lipinski definition) is 2. The van der Waals surface area contributed by atoms with Crippen LogP contribution in [0.3, 0.4) is 0 Å². The number of allylic oxidation sites excluding steroid dienone is 8. The standard InChI is InChI=1S/C23H40O2Si/c1-5-6-7-8-9-10-11-12-13-14-15-16-17-18-19-20-21-22-23(24)25-26(2,3)4/h9-10,12-13,15-16,18-19H,5-8,11,14,17,20-22H2,1-4H3/b10-9-,13-12-,16-15-,19-18-. The molecule has 0 bridgehead atoms. The lowest BCUT2D eigenvalue weighted by atomic mass is 10.2. The summed E-state index contributed by atoms with van der Waals surface area (Å²) < 4.78 is 5.42. The van der Waals surface area contributed by atoms with Crippen molar-refractivity contribution < 1.29 is 9.22 Å². The van der Waals surface area contributed by atoms with Crippen molar-refractivity contribution >= 4 is 14.3 Å². The molecule has 2 nitrogen and oxygen atoms in total. The maximum absolute atomic E-state index is 11.6. The maximum Gasteiger partial charge on any atom is 0.292 e. The van der Waals surface area contributed by atoms with Crippen molar-refractivity contribution in [2.75, 3.05) is 0 Å². The van der Waals surface area contributed by atoms with Gasteiger partial charge < -0.3 is 4.43 Å². The lowest BCUT2D eigenvalue weighted by molar-refractivity contribution is -0.135. The van der Waals surface area contributed by atoms with Gasteiger partial charge in [0.25, 0.3) is 5.97 Å². The third-order valence-electron chi connectivity index (χ3n) is 3.63. The smallest absolute Gasteiger partial charge is 0.292 e. The molecule has 3 heteroatoms. The fourth-order valence-electron chi connectivity index (χ4n) is 2.32. The van der Waals surface area contributed by atoms with Gasteiger partial charge in [0.1, 0.15) is 0 Å². The minimum absolute atomic E-state index is 0.0416. The van der Waals surface area contributed by atoms with E-state index in [2.05, 4.69) is 55.5 Å². The van der Waals surface area contributed by atoms with E-state index in [1.54, 1.807) is 0 Å². The van der Waals surface area contributed by atoms with E-state index in [0.29, 0.717) is 6.42 Å². The average Bonchev–Trinajstić information content (AvgIpc) is 2.56. The molecular formula is C23H40O2Si. The van der Waals surface area contributed by atoms with E-state index in [0.717, 1.165) is 32.1 Å². The van der Waals surface area contributed by atoms with Crippen molar-refractivity contribution in [3.05, 3.63) is 48.6 Å². The molecule has 0 saturated carbocycles. The number of unbranched alkanes of at least 4 members (excludes halogenated alkanes) is 4. The Bertz CT molecular complexity index is 453. The van der Waals surface area contributed by atoms with Gasteiger partial charge in [-0.25, -0.2) is 0 Å². The Morgan fingerprint density at radius 1 is 0.731 bits per heavy atom. The van der Waals surface area contributed by atoms with Crippen LogP contribution < -0.4 is 0 Å². The Balaban J connectivity index is 3.53. The van der Waals surface area contributed by atoms with Crippen LogP contribution in [0.5, 0.6) is 0 Å². The Kier molecular flexibility index (Phi) is 16.2. The second-order valence-electron chi connectivity index (χ2n) is 7.57. The number of rotatable bonds is 15. The molecule has 0 aromatic heterocycles. The van der Waals surface area contributed by atoms with Crippen LogP contribution in [-0.2, 0) is 9.22 Å². The Labute approximate surface area is 163 Å². The molecule has 0 radical (unpaired) electrons. The third-order valence-corrected chi connectivity index (χ3v) is 4.47. The van der Waals surface area contributed by atoms with Crippen LogP contribution in [0.15, 0.2) is 48.6 Å². The van der Waals surface area contributed by atoms with E-state index < -0.39 is 8.32 Å². The van der Waals surface area contributed by atoms with Crippen molar-refractivity contribution in [2.45, 2.75) is 90.8 Å². The van der Waals surface area contributed by atoms with E-state index in [9.17, 15) is 4.79 Å². The highest BCUT2D eigenvalue weighted by atomic mass is 28.4. The molecule has 0 aliphatic rings. The zero-order valence-corrected chi connectivity index (χ0v) is 18.5. The average molecular weight is 377 g/mol. The van der Waals surface area contributed by atoms with Crippen LogP contribution in [0, 0.1) is 0 Å². The molecule has 0 unspecified atom stereocenters. The summed E-state index contributed by atoms with van der Waals surface area (Å²) in [5, 5.41) is 0. The molecule has 0 aliphatic heterocycles. The fraction of sp³-hybridized carbons (Fsp3) is 0.609. The molecule has 0 amide bonds.